The van der Waals surface area contributed by atoms with Crippen LogP contribution < -0.4 is 0 Å². The van der Waals surface area contributed by atoms with Crippen LogP contribution in [0.4, 0.5) is 0 Å². The summed E-state index contributed by atoms with van der Waals surface area (Å²) < 4.78 is 11.0. The van der Waals surface area contributed by atoms with Crippen molar-refractivity contribution in [1.29, 1.82) is 0 Å². The van der Waals surface area contributed by atoms with Gasteiger partial charge in [-0.15, -0.1) is 0 Å². The fourth-order valence-electron chi connectivity index (χ4n) is 10.1. The van der Waals surface area contributed by atoms with Crippen molar-refractivity contribution < 1.29 is 4.74 Å². The van der Waals surface area contributed by atoms with Crippen LogP contribution >= 0.6 is 0 Å². The minimum atomic E-state index is 0.217. The predicted molar refractivity (Wildman–Crippen MR) is 242 cm³/mol. The summed E-state index contributed by atoms with van der Waals surface area (Å²) in [5.41, 5.74) is 12.5. The van der Waals surface area contributed by atoms with Gasteiger partial charge in [0.2, 0.25) is 5.95 Å². The quantitative estimate of drug-likeness (QED) is 0.180. The van der Waals surface area contributed by atoms with Crippen molar-refractivity contribution in [2.24, 2.45) is 5.92 Å². The number of allylic oxidation sites excluding steroid dienone is 7. The van der Waals surface area contributed by atoms with E-state index in [9.17, 15) is 0 Å². The molecule has 1 aliphatic heterocycles. The van der Waals surface area contributed by atoms with E-state index >= 15 is 0 Å². The Kier molecular flexibility index (Phi) is 6.90. The zero-order valence-electron chi connectivity index (χ0n) is 32.1. The molecule has 1 atom stereocenters. The van der Waals surface area contributed by atoms with Crippen molar-refractivity contribution >= 4 is 70.9 Å². The largest absolute Gasteiger partial charge is 0.465 e. The maximum Gasteiger partial charge on any atom is 0.235 e. The van der Waals surface area contributed by atoms with Crippen LogP contribution in [0.25, 0.3) is 93.6 Å². The fourth-order valence-corrected chi connectivity index (χ4v) is 10.1. The standard InChI is InChI=1S/C54H36N4O/c1-2-14-35(15-3-1)57-47-24-12-8-21-41(47)52-39-19-5-4-16-36(39)42(32-49(52)57)33-26-28-48-43(30-33)37-17-7-11-23-46(37)58(48)54-55-45-22-10-6-20-40(45)53(56-54)34-27-29-51-44(31-34)38-18-9-13-25-50(38)59-51/h1-12,14-24,26-30,32,44H,13,25,31H2. The summed E-state index contributed by atoms with van der Waals surface area (Å²) in [6, 6.07) is 54.8. The predicted octanol–water partition coefficient (Wildman–Crippen LogP) is 13.6. The molecule has 3 aromatic heterocycles. The normalized spacial score (nSPS) is 16.3. The topological polar surface area (TPSA) is 44.9 Å². The summed E-state index contributed by atoms with van der Waals surface area (Å²) in [6.07, 6.45) is 11.8. The van der Waals surface area contributed by atoms with Gasteiger partial charge in [-0.3, -0.25) is 4.57 Å². The molecule has 0 bridgehead atoms. The number of hydrogen-bond acceptors (Lipinski definition) is 3. The van der Waals surface area contributed by atoms with Gasteiger partial charge in [-0.05, 0) is 94.9 Å². The minimum Gasteiger partial charge on any atom is -0.465 e. The van der Waals surface area contributed by atoms with Gasteiger partial charge in [-0.2, -0.15) is 0 Å². The maximum absolute atomic E-state index is 6.35. The van der Waals surface area contributed by atoms with E-state index in [1.807, 2.05) is 0 Å². The van der Waals surface area contributed by atoms with Crippen LogP contribution in [0.15, 0.2) is 193 Å². The molecule has 0 amide bonds. The van der Waals surface area contributed by atoms with Gasteiger partial charge < -0.3 is 9.30 Å². The van der Waals surface area contributed by atoms with E-state index in [1.165, 1.54) is 65.6 Å². The molecule has 4 heterocycles. The summed E-state index contributed by atoms with van der Waals surface area (Å²) in [5.74, 6) is 3.07. The van der Waals surface area contributed by atoms with E-state index < -0.39 is 0 Å². The fraction of sp³-hybridized carbons (Fsp3) is 0.0741. The summed E-state index contributed by atoms with van der Waals surface area (Å²) in [6.45, 7) is 0. The molecule has 1 unspecified atom stereocenters. The Morgan fingerprint density at radius 1 is 0.559 bits per heavy atom. The SMILES string of the molecule is C1=CC2=C(CC1)OC1=CC=C(c3nc(-n4c5ccccc5c5cc(-c6cc7c(c8ccccc68)c6ccccc6n7-c6ccccc6)ccc54)nc4ccccc34)CC12. The van der Waals surface area contributed by atoms with Crippen molar-refractivity contribution in [1.82, 2.24) is 19.1 Å². The van der Waals surface area contributed by atoms with Crippen LogP contribution in [-0.4, -0.2) is 19.1 Å². The molecule has 0 fully saturated rings. The lowest BCUT2D eigenvalue weighted by atomic mass is 9.84. The maximum atomic E-state index is 6.35. The van der Waals surface area contributed by atoms with Crippen LogP contribution in [-0.2, 0) is 4.74 Å². The summed E-state index contributed by atoms with van der Waals surface area (Å²) in [7, 11) is 0. The number of fused-ring (bicyclic) bond motifs is 11. The van der Waals surface area contributed by atoms with Crippen LogP contribution in [0.3, 0.4) is 0 Å². The average molecular weight is 757 g/mol. The molecule has 0 saturated heterocycles. The molecule has 5 nitrogen and oxygen atoms in total. The molecule has 0 saturated carbocycles. The highest BCUT2D eigenvalue weighted by molar-refractivity contribution is 6.24. The van der Waals surface area contributed by atoms with Crippen LogP contribution in [0, 0.1) is 5.92 Å². The zero-order valence-corrected chi connectivity index (χ0v) is 32.1. The van der Waals surface area contributed by atoms with Crippen LogP contribution in [0.1, 0.15) is 25.0 Å². The third-order valence-electron chi connectivity index (χ3n) is 12.8. The first-order chi connectivity index (χ1) is 29.3. The first-order valence-corrected chi connectivity index (χ1v) is 20.6. The third-order valence-corrected chi connectivity index (χ3v) is 12.8. The van der Waals surface area contributed by atoms with Crippen molar-refractivity contribution in [2.45, 2.75) is 19.3 Å². The van der Waals surface area contributed by atoms with Crippen molar-refractivity contribution in [2.75, 3.05) is 0 Å². The number of hydrogen-bond donors (Lipinski definition) is 0. The number of benzene rings is 7. The second-order valence-corrected chi connectivity index (χ2v) is 16.0. The molecule has 0 radical (unpaired) electrons. The second-order valence-electron chi connectivity index (χ2n) is 16.0. The Hall–Kier alpha value is -7.50. The highest BCUT2D eigenvalue weighted by atomic mass is 16.5. The van der Waals surface area contributed by atoms with Crippen molar-refractivity contribution in [3.05, 3.63) is 199 Å². The molecule has 5 heteroatoms. The molecular formula is C54H36N4O. The lowest BCUT2D eigenvalue weighted by Gasteiger charge is -2.20. The third kappa shape index (κ3) is 4.79. The Morgan fingerprint density at radius 2 is 1.27 bits per heavy atom. The van der Waals surface area contributed by atoms with Gasteiger partial charge in [0, 0.05) is 50.5 Å². The van der Waals surface area contributed by atoms with E-state index in [2.05, 4.69) is 185 Å². The molecule has 0 N–H and O–H groups in total. The van der Waals surface area contributed by atoms with Crippen molar-refractivity contribution in [3.63, 3.8) is 0 Å². The van der Waals surface area contributed by atoms with Gasteiger partial charge in [-0.25, -0.2) is 9.97 Å². The van der Waals surface area contributed by atoms with E-state index in [1.54, 1.807) is 0 Å². The average Bonchev–Trinajstić information content (AvgIpc) is 3.96. The number of aromatic nitrogens is 4. The highest BCUT2D eigenvalue weighted by Gasteiger charge is 2.35. The molecule has 0 spiro atoms. The Bertz CT molecular complexity index is 3560. The minimum absolute atomic E-state index is 0.217. The molecule has 59 heavy (non-hydrogen) atoms. The molecule has 13 rings (SSSR count). The smallest absolute Gasteiger partial charge is 0.235 e. The van der Waals surface area contributed by atoms with E-state index in [0.29, 0.717) is 5.95 Å². The van der Waals surface area contributed by atoms with Gasteiger partial charge >= 0.3 is 0 Å². The van der Waals surface area contributed by atoms with Gasteiger partial charge in [0.1, 0.15) is 11.5 Å². The molecule has 7 aromatic carbocycles. The summed E-state index contributed by atoms with van der Waals surface area (Å²) >= 11 is 0. The molecule has 3 aliphatic rings. The first-order valence-electron chi connectivity index (χ1n) is 20.6. The van der Waals surface area contributed by atoms with E-state index in [4.69, 9.17) is 14.7 Å². The second kappa shape index (κ2) is 12.5. The monoisotopic (exact) mass is 756 g/mol. The van der Waals surface area contributed by atoms with Crippen molar-refractivity contribution in [3.8, 4) is 22.8 Å². The number of ether oxygens (including phenoxy) is 1. The van der Waals surface area contributed by atoms with Gasteiger partial charge in [0.25, 0.3) is 0 Å². The Labute approximate surface area is 340 Å². The number of rotatable bonds is 4. The zero-order chi connectivity index (χ0) is 38.6. The van der Waals surface area contributed by atoms with Crippen LogP contribution in [0.5, 0.6) is 0 Å². The summed E-state index contributed by atoms with van der Waals surface area (Å²) in [4.78, 5) is 10.8. The van der Waals surface area contributed by atoms with Gasteiger partial charge in [-0.1, -0.05) is 121 Å². The lowest BCUT2D eigenvalue weighted by Crippen LogP contribution is -2.10. The summed E-state index contributed by atoms with van der Waals surface area (Å²) in [5, 5.41) is 8.41. The highest BCUT2D eigenvalue weighted by Crippen LogP contribution is 2.47. The lowest BCUT2D eigenvalue weighted by molar-refractivity contribution is 0.292. The van der Waals surface area contributed by atoms with Crippen LogP contribution in [0.2, 0.25) is 0 Å². The van der Waals surface area contributed by atoms with E-state index in [0.717, 1.165) is 64.1 Å². The Balaban J connectivity index is 1.02. The molecule has 278 valence electrons. The van der Waals surface area contributed by atoms with Gasteiger partial charge in [0.05, 0.1) is 33.3 Å². The van der Waals surface area contributed by atoms with Gasteiger partial charge in [0.15, 0.2) is 0 Å². The Morgan fingerprint density at radius 3 is 2.14 bits per heavy atom. The number of para-hydroxylation sites is 4. The number of nitrogens with zero attached hydrogens (tertiary/aromatic N) is 4. The molecule has 2 aliphatic carbocycles. The van der Waals surface area contributed by atoms with E-state index in [-0.39, 0.29) is 5.92 Å². The molecular weight excluding hydrogens is 721 g/mol. The first kappa shape index (κ1) is 32.6. The molecule has 10 aromatic rings.